The van der Waals surface area contributed by atoms with E-state index in [1.165, 1.54) is 17.5 Å². The van der Waals surface area contributed by atoms with Crippen LogP contribution in [0.2, 0.25) is 0 Å². The molecule has 2 fully saturated rings. The van der Waals surface area contributed by atoms with Crippen molar-refractivity contribution in [3.8, 4) is 0 Å². The molecular formula is C21H32N2O. The number of benzene rings is 1. The standard InChI is InChI=1S/C21H32N2O/c1-15-8-10-16(11-9-15)18-12-13-23(14-21(18,2)3)20(24)17-6-5-7-19(17)22-4/h8-11,17-19,22H,5-7,12-14H2,1-4H3/t17-,18?,19+/m0/s1. The number of rotatable bonds is 3. The van der Waals surface area contributed by atoms with Crippen molar-refractivity contribution in [2.45, 2.75) is 58.4 Å². The molecule has 1 unspecified atom stereocenters. The van der Waals surface area contributed by atoms with Gasteiger partial charge in [0, 0.05) is 19.1 Å². The average Bonchev–Trinajstić information content (AvgIpc) is 3.03. The van der Waals surface area contributed by atoms with Crippen molar-refractivity contribution in [1.29, 1.82) is 0 Å². The Balaban J connectivity index is 1.71. The van der Waals surface area contributed by atoms with Crippen molar-refractivity contribution in [2.75, 3.05) is 20.1 Å². The molecule has 1 aromatic carbocycles. The first-order valence-corrected chi connectivity index (χ1v) is 9.45. The summed E-state index contributed by atoms with van der Waals surface area (Å²) >= 11 is 0. The predicted molar refractivity (Wildman–Crippen MR) is 99.1 cm³/mol. The summed E-state index contributed by atoms with van der Waals surface area (Å²) in [7, 11) is 1.99. The zero-order chi connectivity index (χ0) is 17.3. The molecule has 1 aliphatic carbocycles. The van der Waals surface area contributed by atoms with Crippen molar-refractivity contribution in [3.05, 3.63) is 35.4 Å². The highest BCUT2D eigenvalue weighted by atomic mass is 16.2. The van der Waals surface area contributed by atoms with E-state index in [1.807, 2.05) is 7.05 Å². The van der Waals surface area contributed by atoms with Crippen LogP contribution in [0.5, 0.6) is 0 Å². The number of carbonyl (C=O) groups is 1. The fraction of sp³-hybridized carbons (Fsp3) is 0.667. The Morgan fingerprint density at radius 2 is 1.88 bits per heavy atom. The van der Waals surface area contributed by atoms with E-state index in [4.69, 9.17) is 0 Å². The van der Waals surface area contributed by atoms with E-state index in [1.54, 1.807) is 0 Å². The van der Waals surface area contributed by atoms with Gasteiger partial charge in [-0.15, -0.1) is 0 Å². The highest BCUT2D eigenvalue weighted by Crippen LogP contribution is 2.43. The lowest BCUT2D eigenvalue weighted by Crippen LogP contribution is -2.51. The van der Waals surface area contributed by atoms with E-state index >= 15 is 0 Å². The molecular weight excluding hydrogens is 296 g/mol. The third kappa shape index (κ3) is 3.37. The summed E-state index contributed by atoms with van der Waals surface area (Å²) in [5.41, 5.74) is 2.85. The van der Waals surface area contributed by atoms with E-state index in [9.17, 15) is 4.79 Å². The summed E-state index contributed by atoms with van der Waals surface area (Å²) in [6.07, 6.45) is 4.42. The molecule has 1 saturated carbocycles. The van der Waals surface area contributed by atoms with E-state index < -0.39 is 0 Å². The predicted octanol–water partition coefficient (Wildman–Crippen LogP) is 3.73. The molecule has 1 amide bonds. The number of piperidine rings is 1. The van der Waals surface area contributed by atoms with Gasteiger partial charge in [0.1, 0.15) is 0 Å². The molecule has 3 nitrogen and oxygen atoms in total. The Kier molecular flexibility index (Phi) is 5.00. The summed E-state index contributed by atoms with van der Waals surface area (Å²) in [6, 6.07) is 9.33. The fourth-order valence-electron chi connectivity index (χ4n) is 4.80. The van der Waals surface area contributed by atoms with Gasteiger partial charge in [0.25, 0.3) is 0 Å². The van der Waals surface area contributed by atoms with Crippen molar-refractivity contribution in [2.24, 2.45) is 11.3 Å². The smallest absolute Gasteiger partial charge is 0.227 e. The van der Waals surface area contributed by atoms with E-state index in [-0.39, 0.29) is 11.3 Å². The molecule has 0 spiro atoms. The highest BCUT2D eigenvalue weighted by molar-refractivity contribution is 5.80. The maximum atomic E-state index is 13.0. The van der Waals surface area contributed by atoms with Crippen LogP contribution in [-0.4, -0.2) is 37.0 Å². The molecule has 1 aromatic rings. The topological polar surface area (TPSA) is 32.3 Å². The first-order valence-electron chi connectivity index (χ1n) is 9.45. The summed E-state index contributed by atoms with van der Waals surface area (Å²) in [5, 5.41) is 3.35. The lowest BCUT2D eigenvalue weighted by molar-refractivity contribution is -0.139. The molecule has 2 aliphatic rings. The van der Waals surface area contributed by atoms with Gasteiger partial charge in [0.2, 0.25) is 5.91 Å². The minimum absolute atomic E-state index is 0.122. The molecule has 3 atom stereocenters. The normalized spacial score (nSPS) is 29.7. The van der Waals surface area contributed by atoms with Gasteiger partial charge in [-0.3, -0.25) is 4.79 Å². The fourth-order valence-corrected chi connectivity index (χ4v) is 4.80. The van der Waals surface area contributed by atoms with Gasteiger partial charge < -0.3 is 10.2 Å². The van der Waals surface area contributed by atoms with Crippen molar-refractivity contribution in [3.63, 3.8) is 0 Å². The summed E-state index contributed by atoms with van der Waals surface area (Å²) < 4.78 is 0. The molecule has 3 heteroatoms. The molecule has 132 valence electrons. The van der Waals surface area contributed by atoms with Crippen LogP contribution in [0.1, 0.15) is 56.6 Å². The number of carbonyl (C=O) groups excluding carboxylic acids is 1. The van der Waals surface area contributed by atoms with Gasteiger partial charge in [-0.25, -0.2) is 0 Å². The molecule has 3 rings (SSSR count). The number of aryl methyl sites for hydroxylation is 1. The Morgan fingerprint density at radius 3 is 2.50 bits per heavy atom. The number of nitrogens with zero attached hydrogens (tertiary/aromatic N) is 1. The number of likely N-dealkylation sites (tertiary alicyclic amines) is 1. The van der Waals surface area contributed by atoms with Gasteiger partial charge >= 0.3 is 0 Å². The van der Waals surface area contributed by atoms with Gasteiger partial charge in [0.05, 0.1) is 5.92 Å². The minimum atomic E-state index is 0.122. The highest BCUT2D eigenvalue weighted by Gasteiger charge is 2.41. The van der Waals surface area contributed by atoms with Crippen molar-refractivity contribution in [1.82, 2.24) is 10.2 Å². The van der Waals surface area contributed by atoms with E-state index in [0.29, 0.717) is 17.9 Å². The monoisotopic (exact) mass is 328 g/mol. The minimum Gasteiger partial charge on any atom is -0.342 e. The van der Waals surface area contributed by atoms with Gasteiger partial charge in [-0.2, -0.15) is 0 Å². The third-order valence-electron chi connectivity index (χ3n) is 6.22. The first kappa shape index (κ1) is 17.5. The van der Waals surface area contributed by atoms with Crippen LogP contribution < -0.4 is 5.32 Å². The van der Waals surface area contributed by atoms with Crippen LogP contribution in [0, 0.1) is 18.3 Å². The second kappa shape index (κ2) is 6.87. The summed E-state index contributed by atoms with van der Waals surface area (Å²) in [4.78, 5) is 15.2. The lowest BCUT2D eigenvalue weighted by atomic mass is 9.70. The van der Waals surface area contributed by atoms with Crippen molar-refractivity contribution < 1.29 is 4.79 Å². The van der Waals surface area contributed by atoms with Crippen molar-refractivity contribution >= 4 is 5.91 Å². The second-order valence-corrected chi connectivity index (χ2v) is 8.43. The Labute approximate surface area is 146 Å². The molecule has 24 heavy (non-hydrogen) atoms. The van der Waals surface area contributed by atoms with Gasteiger partial charge in [0.15, 0.2) is 0 Å². The molecule has 1 N–H and O–H groups in total. The average molecular weight is 329 g/mol. The Morgan fingerprint density at radius 1 is 1.17 bits per heavy atom. The summed E-state index contributed by atoms with van der Waals surface area (Å²) in [6.45, 7) is 8.55. The lowest BCUT2D eigenvalue weighted by Gasteiger charge is -2.45. The molecule has 1 heterocycles. The number of hydrogen-bond acceptors (Lipinski definition) is 2. The summed E-state index contributed by atoms with van der Waals surface area (Å²) in [5.74, 6) is 1.09. The zero-order valence-corrected chi connectivity index (χ0v) is 15.6. The van der Waals surface area contributed by atoms with Gasteiger partial charge in [-0.05, 0) is 50.1 Å². The maximum absolute atomic E-state index is 13.0. The van der Waals surface area contributed by atoms with Crippen LogP contribution in [0.4, 0.5) is 0 Å². The molecule has 0 radical (unpaired) electrons. The van der Waals surface area contributed by atoms with E-state index in [0.717, 1.165) is 32.4 Å². The number of amides is 1. The van der Waals surface area contributed by atoms with Crippen LogP contribution in [0.15, 0.2) is 24.3 Å². The van der Waals surface area contributed by atoms with Crippen LogP contribution in [0.25, 0.3) is 0 Å². The maximum Gasteiger partial charge on any atom is 0.227 e. The quantitative estimate of drug-likeness (QED) is 0.917. The van der Waals surface area contributed by atoms with Crippen LogP contribution >= 0.6 is 0 Å². The van der Waals surface area contributed by atoms with E-state index in [2.05, 4.69) is 55.3 Å². The molecule has 0 aromatic heterocycles. The molecule has 0 bridgehead atoms. The van der Waals surface area contributed by atoms with Crippen LogP contribution in [0.3, 0.4) is 0 Å². The Hall–Kier alpha value is -1.35. The molecule has 1 aliphatic heterocycles. The molecule has 1 saturated heterocycles. The van der Waals surface area contributed by atoms with Gasteiger partial charge in [-0.1, -0.05) is 50.1 Å². The number of nitrogens with one attached hydrogen (secondary N) is 1. The zero-order valence-electron chi connectivity index (χ0n) is 15.6. The second-order valence-electron chi connectivity index (χ2n) is 8.43. The first-order chi connectivity index (χ1) is 11.4. The third-order valence-corrected chi connectivity index (χ3v) is 6.22. The Bertz CT molecular complexity index is 578. The number of hydrogen-bond donors (Lipinski definition) is 1. The SMILES string of the molecule is CN[C@@H]1CCC[C@@H]1C(=O)N1CCC(c2ccc(C)cc2)C(C)(C)C1. The largest absolute Gasteiger partial charge is 0.342 e. The van der Waals surface area contributed by atoms with Crippen LogP contribution in [-0.2, 0) is 4.79 Å².